The van der Waals surface area contributed by atoms with E-state index < -0.39 is 0 Å². The maximum Gasteiger partial charge on any atom is 0.251 e. The molecule has 1 aliphatic carbocycles. The van der Waals surface area contributed by atoms with Crippen molar-refractivity contribution in [3.63, 3.8) is 0 Å². The predicted molar refractivity (Wildman–Crippen MR) is 70.3 cm³/mol. The molecule has 0 spiro atoms. The third-order valence-electron chi connectivity index (χ3n) is 3.35. The van der Waals surface area contributed by atoms with Crippen LogP contribution in [0, 0.1) is 0 Å². The minimum Gasteiger partial charge on any atom is -0.382 e. The quantitative estimate of drug-likeness (QED) is 0.841. The molecule has 1 aromatic carbocycles. The molecule has 2 rings (SSSR count). The minimum atomic E-state index is -0.0331. The second-order valence-electron chi connectivity index (χ2n) is 4.64. The summed E-state index contributed by atoms with van der Waals surface area (Å²) < 4.78 is 0. The molecule has 0 radical (unpaired) electrons. The van der Waals surface area contributed by atoms with Crippen LogP contribution in [0.1, 0.15) is 42.5 Å². The third-order valence-corrected chi connectivity index (χ3v) is 3.35. The number of anilines is 1. The summed E-state index contributed by atoms with van der Waals surface area (Å²) in [6.07, 6.45) is 6.55. The van der Waals surface area contributed by atoms with Crippen LogP contribution in [0.2, 0.25) is 0 Å². The summed E-state index contributed by atoms with van der Waals surface area (Å²) in [5.74, 6) is -0.0331. The van der Waals surface area contributed by atoms with Crippen molar-refractivity contribution in [2.24, 2.45) is 0 Å². The number of hydrogen-bond acceptors (Lipinski definition) is 2. The van der Waals surface area contributed by atoms with Crippen LogP contribution in [0.4, 0.5) is 5.69 Å². The maximum absolute atomic E-state index is 11.4. The van der Waals surface area contributed by atoms with Gasteiger partial charge in [0.2, 0.25) is 0 Å². The van der Waals surface area contributed by atoms with E-state index in [1.54, 1.807) is 7.05 Å². The number of carbonyl (C=O) groups is 1. The molecule has 2 N–H and O–H groups in total. The summed E-state index contributed by atoms with van der Waals surface area (Å²) in [4.78, 5) is 11.4. The third kappa shape index (κ3) is 3.22. The van der Waals surface area contributed by atoms with Crippen molar-refractivity contribution in [2.45, 2.75) is 38.1 Å². The van der Waals surface area contributed by atoms with E-state index >= 15 is 0 Å². The molecular weight excluding hydrogens is 212 g/mol. The first kappa shape index (κ1) is 12.0. The van der Waals surface area contributed by atoms with Crippen LogP contribution in [0.3, 0.4) is 0 Å². The van der Waals surface area contributed by atoms with Crippen molar-refractivity contribution >= 4 is 11.6 Å². The van der Waals surface area contributed by atoms with E-state index in [0.717, 1.165) is 5.69 Å². The fourth-order valence-corrected chi connectivity index (χ4v) is 2.34. The predicted octanol–water partition coefficient (Wildman–Crippen LogP) is 2.79. The fraction of sp³-hybridized carbons (Fsp3) is 0.500. The number of amides is 1. The number of nitrogens with one attached hydrogen (secondary N) is 2. The van der Waals surface area contributed by atoms with Crippen molar-refractivity contribution in [1.29, 1.82) is 0 Å². The summed E-state index contributed by atoms with van der Waals surface area (Å²) in [7, 11) is 1.65. The Morgan fingerprint density at radius 2 is 1.76 bits per heavy atom. The van der Waals surface area contributed by atoms with Crippen LogP contribution < -0.4 is 10.6 Å². The first-order chi connectivity index (χ1) is 8.29. The lowest BCUT2D eigenvalue weighted by molar-refractivity contribution is 0.0963. The van der Waals surface area contributed by atoms with E-state index in [1.165, 1.54) is 32.1 Å². The Morgan fingerprint density at radius 3 is 2.35 bits per heavy atom. The van der Waals surface area contributed by atoms with E-state index in [2.05, 4.69) is 10.6 Å². The lowest BCUT2D eigenvalue weighted by atomic mass is 9.95. The van der Waals surface area contributed by atoms with Crippen molar-refractivity contribution in [1.82, 2.24) is 5.32 Å². The molecule has 0 aromatic heterocycles. The molecule has 0 atom stereocenters. The Hall–Kier alpha value is -1.51. The second-order valence-corrected chi connectivity index (χ2v) is 4.64. The van der Waals surface area contributed by atoms with E-state index in [0.29, 0.717) is 11.6 Å². The van der Waals surface area contributed by atoms with Gasteiger partial charge in [0, 0.05) is 24.3 Å². The molecule has 1 fully saturated rings. The van der Waals surface area contributed by atoms with E-state index in [1.807, 2.05) is 24.3 Å². The molecule has 1 aliphatic rings. The lowest BCUT2D eigenvalue weighted by Gasteiger charge is -2.23. The first-order valence-electron chi connectivity index (χ1n) is 6.38. The summed E-state index contributed by atoms with van der Waals surface area (Å²) in [6, 6.07) is 8.31. The average Bonchev–Trinajstić information content (AvgIpc) is 2.40. The number of rotatable bonds is 3. The number of carbonyl (C=O) groups excluding carboxylic acids is 1. The average molecular weight is 232 g/mol. The highest BCUT2D eigenvalue weighted by molar-refractivity contribution is 5.94. The van der Waals surface area contributed by atoms with E-state index in [4.69, 9.17) is 0 Å². The molecule has 0 unspecified atom stereocenters. The molecule has 0 saturated heterocycles. The largest absolute Gasteiger partial charge is 0.382 e. The molecule has 3 heteroatoms. The van der Waals surface area contributed by atoms with Crippen LogP contribution >= 0.6 is 0 Å². The van der Waals surface area contributed by atoms with Gasteiger partial charge in [0.15, 0.2) is 0 Å². The summed E-state index contributed by atoms with van der Waals surface area (Å²) in [5.41, 5.74) is 1.83. The van der Waals surface area contributed by atoms with Gasteiger partial charge in [-0.1, -0.05) is 19.3 Å². The van der Waals surface area contributed by atoms with E-state index in [-0.39, 0.29) is 5.91 Å². The van der Waals surface area contributed by atoms with Crippen LogP contribution in [0.25, 0.3) is 0 Å². The number of hydrogen-bond donors (Lipinski definition) is 2. The van der Waals surface area contributed by atoms with Gasteiger partial charge >= 0.3 is 0 Å². The Morgan fingerprint density at radius 1 is 1.12 bits per heavy atom. The van der Waals surface area contributed by atoms with Gasteiger partial charge in [-0.25, -0.2) is 0 Å². The Labute approximate surface area is 103 Å². The number of benzene rings is 1. The standard InChI is InChI=1S/C14H20N2O/c1-15-14(17)11-7-9-13(10-8-11)16-12-5-3-2-4-6-12/h7-10,12,16H,2-6H2,1H3,(H,15,17). The highest BCUT2D eigenvalue weighted by Gasteiger charge is 2.12. The van der Waals surface area contributed by atoms with Crippen molar-refractivity contribution in [3.8, 4) is 0 Å². The Bertz CT molecular complexity index is 366. The van der Waals surface area contributed by atoms with Gasteiger partial charge < -0.3 is 10.6 Å². The monoisotopic (exact) mass is 232 g/mol. The highest BCUT2D eigenvalue weighted by Crippen LogP contribution is 2.21. The molecule has 1 aromatic rings. The smallest absolute Gasteiger partial charge is 0.251 e. The van der Waals surface area contributed by atoms with Gasteiger partial charge in [0.25, 0.3) is 5.91 Å². The van der Waals surface area contributed by atoms with Crippen molar-refractivity contribution in [2.75, 3.05) is 12.4 Å². The normalized spacial score (nSPS) is 16.5. The highest BCUT2D eigenvalue weighted by atomic mass is 16.1. The first-order valence-corrected chi connectivity index (χ1v) is 6.38. The molecule has 0 bridgehead atoms. The van der Waals surface area contributed by atoms with Gasteiger partial charge in [-0.05, 0) is 37.1 Å². The van der Waals surface area contributed by atoms with Crippen LogP contribution in [-0.4, -0.2) is 19.0 Å². The topological polar surface area (TPSA) is 41.1 Å². The Balaban J connectivity index is 1.95. The molecule has 3 nitrogen and oxygen atoms in total. The fourth-order valence-electron chi connectivity index (χ4n) is 2.34. The van der Waals surface area contributed by atoms with Gasteiger partial charge in [-0.2, -0.15) is 0 Å². The lowest BCUT2D eigenvalue weighted by Crippen LogP contribution is -2.22. The molecule has 0 aliphatic heterocycles. The van der Waals surface area contributed by atoms with Gasteiger partial charge in [0.1, 0.15) is 0 Å². The zero-order chi connectivity index (χ0) is 12.1. The molecule has 17 heavy (non-hydrogen) atoms. The van der Waals surface area contributed by atoms with E-state index in [9.17, 15) is 4.79 Å². The van der Waals surface area contributed by atoms with Crippen LogP contribution in [0.15, 0.2) is 24.3 Å². The van der Waals surface area contributed by atoms with Gasteiger partial charge in [-0.15, -0.1) is 0 Å². The van der Waals surface area contributed by atoms with Crippen LogP contribution in [-0.2, 0) is 0 Å². The summed E-state index contributed by atoms with van der Waals surface area (Å²) >= 11 is 0. The Kier molecular flexibility index (Phi) is 4.02. The minimum absolute atomic E-state index is 0.0331. The molecular formula is C14H20N2O. The van der Waals surface area contributed by atoms with Crippen LogP contribution in [0.5, 0.6) is 0 Å². The molecule has 1 saturated carbocycles. The summed E-state index contributed by atoms with van der Waals surface area (Å²) in [6.45, 7) is 0. The summed E-state index contributed by atoms with van der Waals surface area (Å²) in [5, 5.41) is 6.16. The van der Waals surface area contributed by atoms with Gasteiger partial charge in [-0.3, -0.25) is 4.79 Å². The molecule has 0 heterocycles. The zero-order valence-corrected chi connectivity index (χ0v) is 10.3. The zero-order valence-electron chi connectivity index (χ0n) is 10.3. The van der Waals surface area contributed by atoms with Crippen molar-refractivity contribution < 1.29 is 4.79 Å². The van der Waals surface area contributed by atoms with Gasteiger partial charge in [0.05, 0.1) is 0 Å². The van der Waals surface area contributed by atoms with Crippen molar-refractivity contribution in [3.05, 3.63) is 29.8 Å². The SMILES string of the molecule is CNC(=O)c1ccc(NC2CCCCC2)cc1. The second kappa shape index (κ2) is 5.71. The molecule has 1 amide bonds. The maximum atomic E-state index is 11.4. The molecule has 92 valence electrons.